The number of aromatic carboxylic acids is 1. The normalized spacial score (nSPS) is 15.1. The van der Waals surface area contributed by atoms with Gasteiger partial charge in [-0.1, -0.05) is 0 Å². The molecule has 0 heterocycles. The predicted octanol–water partition coefficient (Wildman–Crippen LogP) is 2.24. The Kier molecular flexibility index (Phi) is 2.30. The van der Waals surface area contributed by atoms with Crippen molar-refractivity contribution in [1.82, 2.24) is 0 Å². The summed E-state index contributed by atoms with van der Waals surface area (Å²) < 4.78 is 26.2. The van der Waals surface area contributed by atoms with Crippen molar-refractivity contribution >= 4 is 11.7 Å². The monoisotopic (exact) mass is 213 g/mol. The molecule has 1 aromatic carbocycles. The van der Waals surface area contributed by atoms with Crippen LogP contribution in [0.1, 0.15) is 23.2 Å². The van der Waals surface area contributed by atoms with Crippen molar-refractivity contribution in [3.63, 3.8) is 0 Å². The van der Waals surface area contributed by atoms with Gasteiger partial charge in [-0.2, -0.15) is 0 Å². The minimum absolute atomic E-state index is 0.0521. The quantitative estimate of drug-likeness (QED) is 0.809. The number of carboxylic acid groups (broad SMARTS) is 1. The number of hydrogen-bond donors (Lipinski definition) is 2. The number of carbonyl (C=O) groups is 1. The molecule has 0 atom stereocenters. The molecule has 2 N–H and O–H groups in total. The Morgan fingerprint density at radius 1 is 1.33 bits per heavy atom. The Labute approximate surface area is 84.7 Å². The van der Waals surface area contributed by atoms with Crippen molar-refractivity contribution in [2.45, 2.75) is 18.9 Å². The van der Waals surface area contributed by atoms with E-state index in [1.165, 1.54) is 0 Å². The average Bonchev–Trinajstić information content (AvgIpc) is 2.92. The van der Waals surface area contributed by atoms with Crippen molar-refractivity contribution in [3.8, 4) is 0 Å². The molecule has 1 saturated carbocycles. The molecule has 5 heteroatoms. The Morgan fingerprint density at radius 3 is 2.53 bits per heavy atom. The summed E-state index contributed by atoms with van der Waals surface area (Å²) in [6, 6.07) is 1.77. The van der Waals surface area contributed by atoms with Crippen LogP contribution in [0, 0.1) is 11.6 Å². The van der Waals surface area contributed by atoms with Gasteiger partial charge in [-0.05, 0) is 18.9 Å². The molecule has 0 saturated heterocycles. The molecule has 1 aromatic rings. The second-order valence-corrected chi connectivity index (χ2v) is 3.54. The lowest BCUT2D eigenvalue weighted by Gasteiger charge is -2.07. The molecule has 0 aromatic heterocycles. The first-order valence-electron chi connectivity index (χ1n) is 4.57. The lowest BCUT2D eigenvalue weighted by atomic mass is 10.2. The first-order chi connectivity index (χ1) is 7.08. The predicted molar refractivity (Wildman–Crippen MR) is 50.0 cm³/mol. The van der Waals surface area contributed by atoms with Gasteiger partial charge in [0.05, 0.1) is 11.3 Å². The molecule has 0 spiro atoms. The molecular weight excluding hydrogens is 204 g/mol. The third-order valence-electron chi connectivity index (χ3n) is 2.22. The molecule has 1 aliphatic carbocycles. The van der Waals surface area contributed by atoms with Gasteiger partial charge in [0.2, 0.25) is 0 Å². The van der Waals surface area contributed by atoms with Crippen LogP contribution in [-0.4, -0.2) is 17.1 Å². The van der Waals surface area contributed by atoms with Gasteiger partial charge < -0.3 is 10.4 Å². The summed E-state index contributed by atoms with van der Waals surface area (Å²) in [5.74, 6) is -3.21. The molecule has 0 aliphatic heterocycles. The third kappa shape index (κ3) is 2.06. The summed E-state index contributed by atoms with van der Waals surface area (Å²) in [4.78, 5) is 10.6. The zero-order chi connectivity index (χ0) is 11.0. The van der Waals surface area contributed by atoms with Crippen LogP contribution in [0.25, 0.3) is 0 Å². The van der Waals surface area contributed by atoms with Crippen LogP contribution >= 0.6 is 0 Å². The van der Waals surface area contributed by atoms with E-state index < -0.39 is 23.2 Å². The fourth-order valence-corrected chi connectivity index (χ4v) is 1.27. The first kappa shape index (κ1) is 9.89. The summed E-state index contributed by atoms with van der Waals surface area (Å²) in [5, 5.41) is 11.4. The van der Waals surface area contributed by atoms with Crippen molar-refractivity contribution < 1.29 is 18.7 Å². The van der Waals surface area contributed by atoms with Gasteiger partial charge >= 0.3 is 5.97 Å². The van der Waals surface area contributed by atoms with Gasteiger partial charge in [-0.15, -0.1) is 0 Å². The number of nitrogens with one attached hydrogen (secondary N) is 1. The molecule has 0 unspecified atom stereocenters. The van der Waals surface area contributed by atoms with Gasteiger partial charge in [0.25, 0.3) is 0 Å². The van der Waals surface area contributed by atoms with Crippen LogP contribution in [0.3, 0.4) is 0 Å². The van der Waals surface area contributed by atoms with Crippen LogP contribution < -0.4 is 5.32 Å². The molecule has 15 heavy (non-hydrogen) atoms. The van der Waals surface area contributed by atoms with Gasteiger partial charge in [-0.3, -0.25) is 0 Å². The average molecular weight is 213 g/mol. The van der Waals surface area contributed by atoms with E-state index in [1.54, 1.807) is 0 Å². The zero-order valence-electron chi connectivity index (χ0n) is 7.76. The number of halogens is 2. The van der Waals surface area contributed by atoms with E-state index in [1.807, 2.05) is 0 Å². The molecule has 1 aliphatic rings. The first-order valence-corrected chi connectivity index (χ1v) is 4.57. The molecular formula is C10H9F2NO2. The Hall–Kier alpha value is -1.65. The highest BCUT2D eigenvalue weighted by molar-refractivity contribution is 5.89. The highest BCUT2D eigenvalue weighted by Gasteiger charge is 2.23. The summed E-state index contributed by atoms with van der Waals surface area (Å²) in [5.41, 5.74) is -0.462. The lowest BCUT2D eigenvalue weighted by molar-refractivity contribution is 0.0692. The molecule has 1 fully saturated rings. The summed E-state index contributed by atoms with van der Waals surface area (Å²) in [7, 11) is 0. The summed E-state index contributed by atoms with van der Waals surface area (Å²) >= 11 is 0. The minimum Gasteiger partial charge on any atom is -0.478 e. The number of rotatable bonds is 3. The smallest absolute Gasteiger partial charge is 0.338 e. The third-order valence-corrected chi connectivity index (χ3v) is 2.22. The number of carboxylic acids is 1. The molecule has 80 valence electrons. The second kappa shape index (κ2) is 3.49. The Morgan fingerprint density at radius 2 is 2.00 bits per heavy atom. The van der Waals surface area contributed by atoms with E-state index >= 15 is 0 Å². The van der Waals surface area contributed by atoms with Gasteiger partial charge in [0.15, 0.2) is 0 Å². The zero-order valence-corrected chi connectivity index (χ0v) is 7.76. The van der Waals surface area contributed by atoms with Crippen LogP contribution in [0.15, 0.2) is 12.1 Å². The number of benzene rings is 1. The molecule has 0 bridgehead atoms. The van der Waals surface area contributed by atoms with Crippen molar-refractivity contribution in [3.05, 3.63) is 29.3 Å². The summed E-state index contributed by atoms with van der Waals surface area (Å²) in [6.07, 6.45) is 1.86. The molecule has 0 radical (unpaired) electrons. The van der Waals surface area contributed by atoms with E-state index in [-0.39, 0.29) is 11.7 Å². The minimum atomic E-state index is -1.40. The highest BCUT2D eigenvalue weighted by Crippen LogP contribution is 2.27. The molecule has 2 rings (SSSR count). The summed E-state index contributed by atoms with van der Waals surface area (Å²) in [6.45, 7) is 0. The van der Waals surface area contributed by atoms with E-state index in [9.17, 15) is 13.6 Å². The number of hydrogen-bond acceptors (Lipinski definition) is 2. The number of anilines is 1. The maximum absolute atomic E-state index is 13.2. The van der Waals surface area contributed by atoms with E-state index in [4.69, 9.17) is 5.11 Å². The Balaban J connectivity index is 2.35. The van der Waals surface area contributed by atoms with Gasteiger partial charge in [0, 0.05) is 12.1 Å². The van der Waals surface area contributed by atoms with E-state index in [0.717, 1.165) is 18.9 Å². The fraction of sp³-hybridized carbons (Fsp3) is 0.300. The van der Waals surface area contributed by atoms with Crippen molar-refractivity contribution in [2.24, 2.45) is 0 Å². The van der Waals surface area contributed by atoms with Crippen molar-refractivity contribution in [2.75, 3.05) is 5.32 Å². The van der Waals surface area contributed by atoms with Crippen LogP contribution in [0.4, 0.5) is 14.5 Å². The second-order valence-electron chi connectivity index (χ2n) is 3.54. The SMILES string of the molecule is O=C(O)c1cc(NC2CC2)c(F)cc1F. The van der Waals surface area contributed by atoms with Crippen molar-refractivity contribution in [1.29, 1.82) is 0 Å². The fourth-order valence-electron chi connectivity index (χ4n) is 1.27. The van der Waals surface area contributed by atoms with Crippen LogP contribution in [0.2, 0.25) is 0 Å². The highest BCUT2D eigenvalue weighted by atomic mass is 19.1. The van der Waals surface area contributed by atoms with E-state index in [2.05, 4.69) is 5.32 Å². The van der Waals surface area contributed by atoms with Gasteiger partial charge in [-0.25, -0.2) is 13.6 Å². The van der Waals surface area contributed by atoms with Crippen LogP contribution in [0.5, 0.6) is 0 Å². The van der Waals surface area contributed by atoms with Gasteiger partial charge in [0.1, 0.15) is 11.6 Å². The Bertz CT molecular complexity index is 416. The standard InChI is InChI=1S/C10H9F2NO2/c11-7-4-8(12)9(13-5-1-2-5)3-6(7)10(14)15/h3-5,13H,1-2H2,(H,14,15). The lowest BCUT2D eigenvalue weighted by Crippen LogP contribution is -2.07. The topological polar surface area (TPSA) is 49.3 Å². The largest absolute Gasteiger partial charge is 0.478 e. The molecule has 3 nitrogen and oxygen atoms in total. The van der Waals surface area contributed by atoms with E-state index in [0.29, 0.717) is 6.07 Å². The van der Waals surface area contributed by atoms with Crippen LogP contribution in [-0.2, 0) is 0 Å². The molecule has 0 amide bonds. The maximum atomic E-state index is 13.2. The maximum Gasteiger partial charge on any atom is 0.338 e.